The van der Waals surface area contributed by atoms with Crippen molar-refractivity contribution in [3.63, 3.8) is 0 Å². The number of carbonyl (C=O) groups is 1. The highest BCUT2D eigenvalue weighted by Gasteiger charge is 2.68. The van der Waals surface area contributed by atoms with E-state index in [0.29, 0.717) is 18.9 Å². The van der Waals surface area contributed by atoms with Crippen LogP contribution in [0.25, 0.3) is 0 Å². The minimum absolute atomic E-state index is 0.0813. The number of imidazole rings is 1. The van der Waals surface area contributed by atoms with Gasteiger partial charge in [0.05, 0.1) is 17.7 Å². The van der Waals surface area contributed by atoms with E-state index in [0.717, 1.165) is 37.4 Å². The highest BCUT2D eigenvalue weighted by Crippen LogP contribution is 2.64. The van der Waals surface area contributed by atoms with E-state index >= 15 is 0 Å². The van der Waals surface area contributed by atoms with E-state index in [2.05, 4.69) is 14.5 Å². The largest absolute Gasteiger partial charge is 0.342 e. The smallest absolute Gasteiger partial charge is 0.231 e. The molecule has 1 saturated heterocycles. The molecule has 0 bridgehead atoms. The molecule has 0 radical (unpaired) electrons. The zero-order chi connectivity index (χ0) is 18.4. The van der Waals surface area contributed by atoms with Gasteiger partial charge in [-0.25, -0.2) is 4.98 Å². The monoisotopic (exact) mass is 392 g/mol. The first-order valence-electron chi connectivity index (χ1n) is 8.99. The van der Waals surface area contributed by atoms with Gasteiger partial charge in [0.25, 0.3) is 0 Å². The van der Waals surface area contributed by atoms with Crippen LogP contribution in [0.15, 0.2) is 36.8 Å². The molecule has 1 unspecified atom stereocenters. The quantitative estimate of drug-likeness (QED) is 0.746. The molecule has 1 amide bonds. The summed E-state index contributed by atoms with van der Waals surface area (Å²) in [5.41, 5.74) is 0.391. The zero-order valence-electron chi connectivity index (χ0n) is 14.7. The lowest BCUT2D eigenvalue weighted by Gasteiger charge is -2.34. The van der Waals surface area contributed by atoms with Gasteiger partial charge < -0.3 is 9.47 Å². The summed E-state index contributed by atoms with van der Waals surface area (Å²) in [7, 11) is 0. The number of carbonyl (C=O) groups excluding carboxylic acids is 1. The zero-order valence-corrected chi connectivity index (χ0v) is 16.2. The second-order valence-corrected chi connectivity index (χ2v) is 9.00. The van der Waals surface area contributed by atoms with E-state index in [-0.39, 0.29) is 5.91 Å². The molecule has 2 aromatic rings. The van der Waals surface area contributed by atoms with Crippen LogP contribution in [0.1, 0.15) is 43.6 Å². The van der Waals surface area contributed by atoms with Gasteiger partial charge in [-0.3, -0.25) is 9.78 Å². The van der Waals surface area contributed by atoms with Gasteiger partial charge in [0, 0.05) is 37.6 Å². The number of piperidine rings is 1. The molecule has 138 valence electrons. The average molecular weight is 393 g/mol. The normalized spacial score (nSPS) is 25.3. The van der Waals surface area contributed by atoms with E-state index in [9.17, 15) is 4.79 Å². The van der Waals surface area contributed by atoms with Crippen molar-refractivity contribution >= 4 is 29.1 Å². The third-order valence-corrected chi connectivity index (χ3v) is 6.78. The van der Waals surface area contributed by atoms with Crippen LogP contribution in [0, 0.1) is 5.41 Å². The first-order chi connectivity index (χ1) is 12.4. The Bertz CT molecular complexity index is 799. The molecule has 1 aliphatic heterocycles. The second kappa shape index (κ2) is 6.54. The molecule has 4 rings (SSSR count). The number of hydrogen-bond donors (Lipinski definition) is 0. The Hall–Kier alpha value is -1.59. The van der Waals surface area contributed by atoms with Crippen LogP contribution < -0.4 is 0 Å². The van der Waals surface area contributed by atoms with Crippen LogP contribution in [-0.2, 0) is 11.3 Å². The lowest BCUT2D eigenvalue weighted by atomic mass is 9.94. The van der Waals surface area contributed by atoms with Crippen LogP contribution in [0.2, 0.25) is 0 Å². The number of hydrogen-bond acceptors (Lipinski definition) is 3. The highest BCUT2D eigenvalue weighted by atomic mass is 35.5. The number of rotatable bonds is 4. The molecule has 2 aliphatic rings. The van der Waals surface area contributed by atoms with E-state index in [1.54, 1.807) is 0 Å². The summed E-state index contributed by atoms with van der Waals surface area (Å²) in [4.78, 5) is 23.6. The SMILES string of the molecule is CC1(C(=O)N2CCC(c3nccn3Cc3ccccn3)CC2)CC1(Cl)Cl. The molecular weight excluding hydrogens is 371 g/mol. The number of likely N-dealkylation sites (tertiary alicyclic amines) is 1. The number of aromatic nitrogens is 3. The lowest BCUT2D eigenvalue weighted by Crippen LogP contribution is -2.43. The van der Waals surface area contributed by atoms with Gasteiger partial charge >= 0.3 is 0 Å². The van der Waals surface area contributed by atoms with Gasteiger partial charge in [0.15, 0.2) is 0 Å². The Labute approximate surface area is 163 Å². The molecule has 0 aromatic carbocycles. The average Bonchev–Trinajstić information content (AvgIpc) is 2.96. The molecule has 3 heterocycles. The molecule has 0 spiro atoms. The minimum Gasteiger partial charge on any atom is -0.342 e. The van der Waals surface area contributed by atoms with Crippen LogP contribution >= 0.6 is 23.2 Å². The fourth-order valence-corrected chi connectivity index (χ4v) is 4.50. The number of halogens is 2. The van der Waals surface area contributed by atoms with Gasteiger partial charge in [0.2, 0.25) is 5.91 Å². The third-order valence-electron chi connectivity index (χ3n) is 5.68. The standard InChI is InChI=1S/C19H22Cl2N4O/c1-18(13-19(18,20)21)17(26)24-9-5-14(6-10-24)16-23-8-11-25(16)12-15-4-2-3-7-22-15/h2-4,7-8,11,14H,5-6,9-10,12-13H2,1H3. The molecule has 0 N–H and O–H groups in total. The topological polar surface area (TPSA) is 51.0 Å². The van der Waals surface area contributed by atoms with Gasteiger partial charge in [-0.2, -0.15) is 0 Å². The molecule has 1 atom stereocenters. The van der Waals surface area contributed by atoms with Crippen molar-refractivity contribution in [1.82, 2.24) is 19.4 Å². The van der Waals surface area contributed by atoms with Crippen LogP contribution in [0.3, 0.4) is 0 Å². The van der Waals surface area contributed by atoms with E-state index < -0.39 is 9.75 Å². The summed E-state index contributed by atoms with van der Waals surface area (Å²) < 4.78 is 1.26. The summed E-state index contributed by atoms with van der Waals surface area (Å²) >= 11 is 12.3. The van der Waals surface area contributed by atoms with Crippen molar-refractivity contribution in [2.24, 2.45) is 5.41 Å². The molecular formula is C19H22Cl2N4O. The van der Waals surface area contributed by atoms with Crippen molar-refractivity contribution in [3.05, 3.63) is 48.3 Å². The van der Waals surface area contributed by atoms with Crippen molar-refractivity contribution in [3.8, 4) is 0 Å². The van der Waals surface area contributed by atoms with Gasteiger partial charge in [-0.05, 0) is 38.3 Å². The van der Waals surface area contributed by atoms with Crippen molar-refractivity contribution in [2.45, 2.75) is 43.0 Å². The number of amides is 1. The van der Waals surface area contributed by atoms with Crippen LogP contribution in [0.4, 0.5) is 0 Å². The summed E-state index contributed by atoms with van der Waals surface area (Å²) in [6.45, 7) is 4.02. The number of nitrogens with zero attached hydrogens (tertiary/aromatic N) is 4. The highest BCUT2D eigenvalue weighted by molar-refractivity contribution is 6.53. The van der Waals surface area contributed by atoms with Gasteiger partial charge in [-0.15, -0.1) is 23.2 Å². The maximum absolute atomic E-state index is 12.7. The molecule has 5 nitrogen and oxygen atoms in total. The maximum Gasteiger partial charge on any atom is 0.231 e. The Morgan fingerprint density at radius 1 is 1.23 bits per heavy atom. The van der Waals surface area contributed by atoms with Crippen molar-refractivity contribution in [2.75, 3.05) is 13.1 Å². The predicted octanol–water partition coefficient (Wildman–Crippen LogP) is 3.62. The van der Waals surface area contributed by atoms with E-state index in [1.165, 1.54) is 0 Å². The summed E-state index contributed by atoms with van der Waals surface area (Å²) in [5.74, 6) is 1.50. The fourth-order valence-electron chi connectivity index (χ4n) is 3.80. The Morgan fingerprint density at radius 2 is 1.96 bits per heavy atom. The maximum atomic E-state index is 12.7. The number of pyridine rings is 1. The van der Waals surface area contributed by atoms with Crippen LogP contribution in [0.5, 0.6) is 0 Å². The molecule has 7 heteroatoms. The Kier molecular flexibility index (Phi) is 4.48. The summed E-state index contributed by atoms with van der Waals surface area (Å²) in [5, 5.41) is 0. The molecule has 2 aromatic heterocycles. The van der Waals surface area contributed by atoms with E-state index in [4.69, 9.17) is 23.2 Å². The number of alkyl halides is 2. The second-order valence-electron chi connectivity index (χ2n) is 7.51. The Morgan fingerprint density at radius 3 is 2.58 bits per heavy atom. The predicted molar refractivity (Wildman–Crippen MR) is 101 cm³/mol. The summed E-state index contributed by atoms with van der Waals surface area (Å²) in [6, 6.07) is 5.93. The fraction of sp³-hybridized carbons (Fsp3) is 0.526. The Balaban J connectivity index is 1.40. The van der Waals surface area contributed by atoms with Crippen LogP contribution in [-0.4, -0.2) is 42.8 Å². The van der Waals surface area contributed by atoms with E-state index in [1.807, 2.05) is 48.6 Å². The molecule has 2 fully saturated rings. The van der Waals surface area contributed by atoms with Crippen molar-refractivity contribution < 1.29 is 4.79 Å². The molecule has 1 aliphatic carbocycles. The summed E-state index contributed by atoms with van der Waals surface area (Å²) in [6.07, 6.45) is 7.99. The van der Waals surface area contributed by atoms with Gasteiger partial charge in [0.1, 0.15) is 10.2 Å². The first kappa shape index (κ1) is 17.8. The van der Waals surface area contributed by atoms with Crippen molar-refractivity contribution in [1.29, 1.82) is 0 Å². The first-order valence-corrected chi connectivity index (χ1v) is 9.74. The lowest BCUT2D eigenvalue weighted by molar-refractivity contribution is -0.137. The molecule has 26 heavy (non-hydrogen) atoms. The van der Waals surface area contributed by atoms with Gasteiger partial charge in [-0.1, -0.05) is 6.07 Å². The third kappa shape index (κ3) is 3.12. The minimum atomic E-state index is -0.903. The molecule has 1 saturated carbocycles.